The maximum Gasteiger partial charge on any atom is 0.122 e. The van der Waals surface area contributed by atoms with Crippen LogP contribution in [-0.2, 0) is 32.7 Å². The summed E-state index contributed by atoms with van der Waals surface area (Å²) in [6, 6.07) is 6.20. The summed E-state index contributed by atoms with van der Waals surface area (Å²) in [6.07, 6.45) is 7.40. The zero-order chi connectivity index (χ0) is 16.8. The number of allylic oxidation sites excluding steroid dienone is 2. The molecule has 131 valence electrons. The first-order valence-electron chi connectivity index (χ1n) is 8.49. The number of hydrogen-bond acceptors (Lipinski definition) is 2. The van der Waals surface area contributed by atoms with Crippen LogP contribution in [-0.4, -0.2) is 23.2 Å². The number of alkyl halides is 1. The molecular weight excluding hydrogens is 397 g/mol. The van der Waals surface area contributed by atoms with E-state index in [2.05, 4.69) is 44.2 Å². The molecule has 2 rings (SSSR count). The first kappa shape index (κ1) is 22.2. The number of aliphatic hydroxyl groups is 1. The van der Waals surface area contributed by atoms with Crippen molar-refractivity contribution in [2.45, 2.75) is 51.0 Å². The van der Waals surface area contributed by atoms with Gasteiger partial charge < -0.3 is 16.8 Å². The summed E-state index contributed by atoms with van der Waals surface area (Å²) in [4.78, 5) is 0. The predicted octanol–water partition coefficient (Wildman–Crippen LogP) is 4.84. The first-order chi connectivity index (χ1) is 11.0. The van der Waals surface area contributed by atoms with Crippen LogP contribution in [0.1, 0.15) is 36.8 Å². The Labute approximate surface area is 176 Å². The molecule has 1 saturated carbocycles. The van der Waals surface area contributed by atoms with E-state index in [9.17, 15) is 5.11 Å². The van der Waals surface area contributed by atoms with E-state index < -0.39 is 0 Å². The molecule has 1 N–H and O–H groups in total. The number of halogens is 1. The van der Waals surface area contributed by atoms with E-state index in [1.165, 1.54) is 5.56 Å². The van der Waals surface area contributed by atoms with E-state index in [-0.39, 0.29) is 56.0 Å². The molecule has 1 radical (unpaired) electrons. The number of aryl methyl sites for hydroxylation is 2. The zero-order valence-corrected chi connectivity index (χ0v) is 18.3. The molecule has 0 heterocycles. The molecule has 0 saturated heterocycles. The fourth-order valence-corrected chi connectivity index (χ4v) is 3.70. The molecule has 24 heavy (non-hydrogen) atoms. The van der Waals surface area contributed by atoms with Gasteiger partial charge in [0.05, 0.1) is 12.7 Å². The molecule has 1 aliphatic rings. The standard InChI is InChI=1S/C20H28ClO2.Y/c1-4-5-6-7-8-16-17(19(22)12-18(16)21)13-23-20-11-14(2)9-10-15(20)3;/h6-7,9-11,16-19,22H,1,4-5,8,12-13H2,2-3H3;/q-1;/b7-6-;/t16-,17-,18-,19-;/m1./s1. The van der Waals surface area contributed by atoms with Crippen LogP contribution in [0.2, 0.25) is 0 Å². The fourth-order valence-electron chi connectivity index (χ4n) is 3.23. The van der Waals surface area contributed by atoms with Gasteiger partial charge in [0.2, 0.25) is 0 Å². The number of unbranched alkanes of at least 4 members (excludes halogenated alkanes) is 1. The molecule has 4 atom stereocenters. The number of benzene rings is 1. The van der Waals surface area contributed by atoms with Crippen molar-refractivity contribution in [3.8, 4) is 5.75 Å². The van der Waals surface area contributed by atoms with Crippen molar-refractivity contribution in [1.82, 2.24) is 0 Å². The van der Waals surface area contributed by atoms with E-state index in [1.807, 2.05) is 6.92 Å². The van der Waals surface area contributed by atoms with Crippen molar-refractivity contribution < 1.29 is 42.6 Å². The molecule has 0 aliphatic heterocycles. The van der Waals surface area contributed by atoms with Gasteiger partial charge >= 0.3 is 0 Å². The van der Waals surface area contributed by atoms with Crippen LogP contribution < -0.4 is 4.74 Å². The Kier molecular flexibility index (Phi) is 10.1. The van der Waals surface area contributed by atoms with Crippen molar-refractivity contribution in [2.24, 2.45) is 11.8 Å². The average Bonchev–Trinajstić information content (AvgIpc) is 2.78. The SMILES string of the molecule is [CH2-]CC/C=C\C[C@@H]1[C@@H](COc2cc(C)ccc2C)[C@H](O)C[C@H]1Cl.[Y]. The third kappa shape index (κ3) is 6.13. The Morgan fingerprint density at radius 1 is 1.29 bits per heavy atom. The fraction of sp³-hybridized carbons (Fsp3) is 0.550. The Morgan fingerprint density at radius 2 is 2.04 bits per heavy atom. The minimum atomic E-state index is -0.381. The molecule has 0 amide bonds. The van der Waals surface area contributed by atoms with Crippen molar-refractivity contribution in [3.05, 3.63) is 48.4 Å². The minimum Gasteiger partial charge on any atom is -0.493 e. The monoisotopic (exact) mass is 424 g/mol. The summed E-state index contributed by atoms with van der Waals surface area (Å²) < 4.78 is 6.03. The summed E-state index contributed by atoms with van der Waals surface area (Å²) in [5.74, 6) is 1.25. The van der Waals surface area contributed by atoms with E-state index in [4.69, 9.17) is 16.3 Å². The average molecular weight is 425 g/mol. The molecule has 1 aromatic carbocycles. The third-order valence-electron chi connectivity index (χ3n) is 4.70. The van der Waals surface area contributed by atoms with Gasteiger partial charge in [-0.05, 0) is 49.8 Å². The molecule has 1 aromatic rings. The molecule has 0 aromatic heterocycles. The summed E-state index contributed by atoms with van der Waals surface area (Å²) in [5.41, 5.74) is 2.30. The van der Waals surface area contributed by atoms with Gasteiger partial charge in [-0.25, -0.2) is 0 Å². The van der Waals surface area contributed by atoms with Crippen molar-refractivity contribution >= 4 is 11.6 Å². The summed E-state index contributed by atoms with van der Waals surface area (Å²) in [6.45, 7) is 8.46. The van der Waals surface area contributed by atoms with Gasteiger partial charge in [0.1, 0.15) is 5.75 Å². The zero-order valence-electron chi connectivity index (χ0n) is 14.7. The van der Waals surface area contributed by atoms with Gasteiger partial charge in [0.15, 0.2) is 0 Å². The normalized spacial score (nSPS) is 26.5. The number of ether oxygens (including phenoxy) is 1. The maximum absolute atomic E-state index is 10.3. The van der Waals surface area contributed by atoms with Crippen molar-refractivity contribution in [1.29, 1.82) is 0 Å². The van der Waals surface area contributed by atoms with Gasteiger partial charge in [0, 0.05) is 44.0 Å². The maximum atomic E-state index is 10.3. The van der Waals surface area contributed by atoms with Crippen molar-refractivity contribution in [2.75, 3.05) is 6.61 Å². The number of aliphatic hydroxyl groups excluding tert-OH is 1. The van der Waals surface area contributed by atoms with Gasteiger partial charge in [-0.2, -0.15) is 6.42 Å². The van der Waals surface area contributed by atoms with E-state index in [0.717, 1.165) is 30.6 Å². The van der Waals surface area contributed by atoms with E-state index in [1.54, 1.807) is 0 Å². The molecule has 4 heteroatoms. The van der Waals surface area contributed by atoms with Crippen LogP contribution >= 0.6 is 11.6 Å². The van der Waals surface area contributed by atoms with Gasteiger partial charge in [-0.15, -0.1) is 11.6 Å². The summed E-state index contributed by atoms with van der Waals surface area (Å²) in [5, 5.41) is 10.4. The van der Waals surface area contributed by atoms with Crippen LogP contribution in [0.3, 0.4) is 0 Å². The molecule has 0 unspecified atom stereocenters. The molecule has 1 aliphatic carbocycles. The number of hydrogen-bond donors (Lipinski definition) is 1. The Balaban J connectivity index is 0.00000288. The Bertz CT molecular complexity index is 532. The molecule has 2 nitrogen and oxygen atoms in total. The van der Waals surface area contributed by atoms with Crippen molar-refractivity contribution in [3.63, 3.8) is 0 Å². The second-order valence-electron chi connectivity index (χ2n) is 6.58. The second kappa shape index (κ2) is 11.0. The predicted molar refractivity (Wildman–Crippen MR) is 97.0 cm³/mol. The van der Waals surface area contributed by atoms with Gasteiger partial charge in [0.25, 0.3) is 0 Å². The largest absolute Gasteiger partial charge is 0.493 e. The first-order valence-corrected chi connectivity index (χ1v) is 8.93. The van der Waals surface area contributed by atoms with Crippen LogP contribution in [0.15, 0.2) is 30.4 Å². The quantitative estimate of drug-likeness (QED) is 0.385. The van der Waals surface area contributed by atoms with E-state index in [0.29, 0.717) is 13.0 Å². The second-order valence-corrected chi connectivity index (χ2v) is 7.14. The Hall–Kier alpha value is 0.114. The van der Waals surface area contributed by atoms with Crippen LogP contribution in [0, 0.1) is 32.6 Å². The smallest absolute Gasteiger partial charge is 0.122 e. The molecule has 0 spiro atoms. The van der Waals surface area contributed by atoms with Crippen LogP contribution in [0.4, 0.5) is 0 Å². The third-order valence-corrected chi connectivity index (χ3v) is 5.20. The van der Waals surface area contributed by atoms with E-state index >= 15 is 0 Å². The van der Waals surface area contributed by atoms with Gasteiger partial charge in [-0.3, -0.25) is 0 Å². The van der Waals surface area contributed by atoms with Gasteiger partial charge in [-0.1, -0.05) is 30.7 Å². The number of rotatable bonds is 7. The topological polar surface area (TPSA) is 29.5 Å². The van der Waals surface area contributed by atoms with Crippen LogP contribution in [0.25, 0.3) is 0 Å². The minimum absolute atomic E-state index is 0. The molecule has 1 fully saturated rings. The summed E-state index contributed by atoms with van der Waals surface area (Å²) in [7, 11) is 0. The Morgan fingerprint density at radius 3 is 2.75 bits per heavy atom. The summed E-state index contributed by atoms with van der Waals surface area (Å²) >= 11 is 6.46. The van der Waals surface area contributed by atoms with Crippen LogP contribution in [0.5, 0.6) is 5.75 Å². The molecular formula is C20H28ClO2Y-. The molecule has 0 bridgehead atoms.